The summed E-state index contributed by atoms with van der Waals surface area (Å²) in [5, 5.41) is 8.08. The third kappa shape index (κ3) is 2.86. The van der Waals surface area contributed by atoms with Gasteiger partial charge in [0.25, 0.3) is 0 Å². The van der Waals surface area contributed by atoms with Gasteiger partial charge in [0.2, 0.25) is 5.88 Å². The predicted molar refractivity (Wildman–Crippen MR) is 90.1 cm³/mol. The molecule has 0 saturated carbocycles. The first-order chi connectivity index (χ1) is 10.7. The third-order valence-corrected chi connectivity index (χ3v) is 3.64. The maximum absolute atomic E-state index is 5.88. The average molecular weight is 317 g/mol. The van der Waals surface area contributed by atoms with E-state index >= 15 is 0 Å². The van der Waals surface area contributed by atoms with Gasteiger partial charge in [-0.2, -0.15) is 4.98 Å². The van der Waals surface area contributed by atoms with Crippen LogP contribution in [-0.2, 0) is 6.54 Å². The summed E-state index contributed by atoms with van der Waals surface area (Å²) < 4.78 is 5.25. The Hall–Kier alpha value is -2.24. The van der Waals surface area contributed by atoms with Crippen LogP contribution in [0.4, 0.5) is 11.4 Å². The number of aromatic amines is 1. The van der Waals surface area contributed by atoms with Crippen LogP contribution in [0, 0.1) is 0 Å². The summed E-state index contributed by atoms with van der Waals surface area (Å²) >= 11 is 5.88. The van der Waals surface area contributed by atoms with Gasteiger partial charge in [-0.1, -0.05) is 17.7 Å². The van der Waals surface area contributed by atoms with E-state index in [9.17, 15) is 0 Å². The lowest BCUT2D eigenvalue weighted by atomic mass is 10.1. The monoisotopic (exact) mass is 316 g/mol. The van der Waals surface area contributed by atoms with Crippen LogP contribution < -0.4 is 15.4 Å². The molecule has 0 unspecified atom stereocenters. The molecule has 22 heavy (non-hydrogen) atoms. The van der Waals surface area contributed by atoms with E-state index in [4.69, 9.17) is 16.3 Å². The smallest absolute Gasteiger partial charge is 0.238 e. The minimum atomic E-state index is 0.402. The maximum Gasteiger partial charge on any atom is 0.238 e. The Morgan fingerprint density at radius 1 is 1.27 bits per heavy atom. The number of methoxy groups -OCH3 is 1. The summed E-state index contributed by atoms with van der Waals surface area (Å²) in [6.45, 7) is 0.835. The number of pyridine rings is 1. The van der Waals surface area contributed by atoms with Gasteiger partial charge in [-0.15, -0.1) is 0 Å². The van der Waals surface area contributed by atoms with Crippen molar-refractivity contribution in [1.29, 1.82) is 0 Å². The van der Waals surface area contributed by atoms with Crippen LogP contribution in [0.15, 0.2) is 36.5 Å². The zero-order chi connectivity index (χ0) is 15.5. The zero-order valence-corrected chi connectivity index (χ0v) is 13.2. The maximum atomic E-state index is 5.88. The van der Waals surface area contributed by atoms with E-state index in [1.54, 1.807) is 13.2 Å². The van der Waals surface area contributed by atoms with Crippen molar-refractivity contribution < 1.29 is 4.74 Å². The van der Waals surface area contributed by atoms with E-state index in [1.165, 1.54) is 10.9 Å². The standard InChI is InChI=1S/C16H17ClN4O/c1-18-8-10-9-19-14-7-11(3-4-12(10)14)20-13-5-6-15(17)21-16(13)22-2/h3-7,9,18-20H,8H2,1-2H3. The molecule has 3 N–H and O–H groups in total. The molecule has 0 amide bonds. The number of nitrogens with one attached hydrogen (secondary N) is 3. The van der Waals surface area contributed by atoms with Gasteiger partial charge in [-0.05, 0) is 36.9 Å². The number of hydrogen-bond donors (Lipinski definition) is 3. The average Bonchev–Trinajstić information content (AvgIpc) is 2.92. The summed E-state index contributed by atoms with van der Waals surface area (Å²) in [5.74, 6) is 0.468. The van der Waals surface area contributed by atoms with Gasteiger partial charge in [0.05, 0.1) is 7.11 Å². The van der Waals surface area contributed by atoms with Crippen LogP contribution in [0.3, 0.4) is 0 Å². The van der Waals surface area contributed by atoms with Crippen LogP contribution in [0.1, 0.15) is 5.56 Å². The number of fused-ring (bicyclic) bond motifs is 1. The minimum Gasteiger partial charge on any atom is -0.479 e. The highest BCUT2D eigenvalue weighted by molar-refractivity contribution is 6.29. The van der Waals surface area contributed by atoms with E-state index in [0.29, 0.717) is 11.0 Å². The van der Waals surface area contributed by atoms with Crippen molar-refractivity contribution in [2.24, 2.45) is 0 Å². The number of rotatable bonds is 5. The van der Waals surface area contributed by atoms with Gasteiger partial charge in [0, 0.05) is 29.3 Å². The molecule has 0 spiro atoms. The highest BCUT2D eigenvalue weighted by atomic mass is 35.5. The van der Waals surface area contributed by atoms with Crippen LogP contribution in [0.25, 0.3) is 10.9 Å². The molecule has 6 heteroatoms. The Bertz CT molecular complexity index is 800. The van der Waals surface area contributed by atoms with E-state index < -0.39 is 0 Å². The van der Waals surface area contributed by atoms with E-state index in [0.717, 1.165) is 23.4 Å². The molecule has 1 aromatic carbocycles. The molecular formula is C16H17ClN4O. The molecule has 2 aromatic heterocycles. The second-order valence-electron chi connectivity index (χ2n) is 4.92. The minimum absolute atomic E-state index is 0.402. The highest BCUT2D eigenvalue weighted by Gasteiger charge is 2.08. The zero-order valence-electron chi connectivity index (χ0n) is 12.4. The van der Waals surface area contributed by atoms with Crippen molar-refractivity contribution in [3.8, 4) is 5.88 Å². The molecule has 3 aromatic rings. The largest absolute Gasteiger partial charge is 0.479 e. The van der Waals surface area contributed by atoms with E-state index in [2.05, 4.69) is 32.7 Å². The van der Waals surface area contributed by atoms with Crippen LogP contribution in [-0.4, -0.2) is 24.1 Å². The van der Waals surface area contributed by atoms with Gasteiger partial charge in [-0.3, -0.25) is 0 Å². The lowest BCUT2D eigenvalue weighted by molar-refractivity contribution is 0.400. The summed E-state index contributed by atoms with van der Waals surface area (Å²) in [6, 6.07) is 9.76. The molecule has 3 rings (SSSR count). The molecule has 0 aliphatic rings. The Kier molecular flexibility index (Phi) is 4.18. The number of nitrogens with zero attached hydrogens (tertiary/aromatic N) is 1. The number of hydrogen-bond acceptors (Lipinski definition) is 4. The van der Waals surface area contributed by atoms with Crippen molar-refractivity contribution in [1.82, 2.24) is 15.3 Å². The Labute approximate surface area is 133 Å². The molecule has 0 atom stereocenters. The molecular weight excluding hydrogens is 300 g/mol. The van der Waals surface area contributed by atoms with Crippen LogP contribution in [0.2, 0.25) is 5.15 Å². The molecule has 2 heterocycles. The number of benzene rings is 1. The van der Waals surface area contributed by atoms with Gasteiger partial charge in [-0.25, -0.2) is 0 Å². The Morgan fingerprint density at radius 3 is 2.91 bits per heavy atom. The van der Waals surface area contributed by atoms with Gasteiger partial charge in [0.15, 0.2) is 0 Å². The van der Waals surface area contributed by atoms with Crippen molar-refractivity contribution in [2.75, 3.05) is 19.5 Å². The predicted octanol–water partition coefficient (Wildman–Crippen LogP) is 3.69. The summed E-state index contributed by atoms with van der Waals surface area (Å²) in [6.07, 6.45) is 2.02. The fourth-order valence-corrected chi connectivity index (χ4v) is 2.56. The Morgan fingerprint density at radius 2 is 2.14 bits per heavy atom. The fraction of sp³-hybridized carbons (Fsp3) is 0.188. The van der Waals surface area contributed by atoms with E-state index in [-0.39, 0.29) is 0 Å². The van der Waals surface area contributed by atoms with Crippen molar-refractivity contribution >= 4 is 33.9 Å². The molecule has 5 nitrogen and oxygen atoms in total. The van der Waals surface area contributed by atoms with Crippen molar-refractivity contribution in [2.45, 2.75) is 6.54 Å². The highest BCUT2D eigenvalue weighted by Crippen LogP contribution is 2.29. The lowest BCUT2D eigenvalue weighted by Crippen LogP contribution is -2.03. The van der Waals surface area contributed by atoms with Crippen molar-refractivity contribution in [3.05, 3.63) is 47.2 Å². The molecule has 0 radical (unpaired) electrons. The first kappa shape index (κ1) is 14.7. The molecule has 0 aliphatic carbocycles. The number of ether oxygens (including phenoxy) is 1. The molecule has 0 fully saturated rings. The van der Waals surface area contributed by atoms with E-state index in [1.807, 2.05) is 25.4 Å². The van der Waals surface area contributed by atoms with Gasteiger partial charge < -0.3 is 20.4 Å². The number of halogens is 1. The van der Waals surface area contributed by atoms with Gasteiger partial charge >= 0.3 is 0 Å². The van der Waals surface area contributed by atoms with Crippen molar-refractivity contribution in [3.63, 3.8) is 0 Å². The number of aromatic nitrogens is 2. The quantitative estimate of drug-likeness (QED) is 0.628. The summed E-state index contributed by atoms with van der Waals surface area (Å²) in [4.78, 5) is 7.43. The normalized spacial score (nSPS) is 10.9. The second kappa shape index (κ2) is 6.25. The number of H-pyrrole nitrogens is 1. The van der Waals surface area contributed by atoms with Crippen LogP contribution in [0.5, 0.6) is 5.88 Å². The summed E-state index contributed by atoms with van der Waals surface area (Å²) in [7, 11) is 3.51. The van der Waals surface area contributed by atoms with Crippen LogP contribution >= 0.6 is 11.6 Å². The first-order valence-corrected chi connectivity index (χ1v) is 7.31. The van der Waals surface area contributed by atoms with Gasteiger partial charge in [0.1, 0.15) is 10.8 Å². The third-order valence-electron chi connectivity index (χ3n) is 3.43. The lowest BCUT2D eigenvalue weighted by Gasteiger charge is -2.10. The molecule has 0 bridgehead atoms. The first-order valence-electron chi connectivity index (χ1n) is 6.93. The number of anilines is 2. The topological polar surface area (TPSA) is 62.0 Å². The molecule has 114 valence electrons. The SMILES string of the molecule is CNCc1c[nH]c2cc(Nc3ccc(Cl)nc3OC)ccc12. The Balaban J connectivity index is 1.91. The molecule has 0 saturated heterocycles. The molecule has 0 aliphatic heterocycles. The fourth-order valence-electron chi connectivity index (χ4n) is 2.42. The summed E-state index contributed by atoms with van der Waals surface area (Å²) in [5.41, 5.74) is 4.05. The second-order valence-corrected chi connectivity index (χ2v) is 5.31.